The highest BCUT2D eigenvalue weighted by atomic mass is 32.1. The second kappa shape index (κ2) is 4.84. The molecule has 3 aromatic rings. The molecule has 3 rings (SSSR count). The molecule has 0 spiro atoms. The van der Waals surface area contributed by atoms with Gasteiger partial charge in [0.1, 0.15) is 0 Å². The molecule has 0 aliphatic carbocycles. The predicted octanol–water partition coefficient (Wildman–Crippen LogP) is 3.00. The van der Waals surface area contributed by atoms with Gasteiger partial charge in [0.25, 0.3) is 0 Å². The first-order valence-corrected chi connectivity index (χ1v) is 6.55. The van der Waals surface area contributed by atoms with Crippen LogP contribution in [0.5, 0.6) is 0 Å². The fourth-order valence-corrected chi connectivity index (χ4v) is 2.71. The fraction of sp³-hybridized carbons (Fsp3) is 0.143. The Morgan fingerprint density at radius 1 is 1.11 bits per heavy atom. The van der Waals surface area contributed by atoms with Gasteiger partial charge in [-0.25, -0.2) is 0 Å². The number of benzene rings is 2. The van der Waals surface area contributed by atoms with E-state index in [-0.39, 0.29) is 6.04 Å². The number of aromatic nitrogens is 2. The average molecular weight is 255 g/mol. The van der Waals surface area contributed by atoms with Crippen LogP contribution in [0.15, 0.2) is 48.7 Å². The quantitative estimate of drug-likeness (QED) is 0.781. The van der Waals surface area contributed by atoms with Crippen molar-refractivity contribution in [2.75, 3.05) is 7.05 Å². The topological polar surface area (TPSA) is 37.8 Å². The van der Waals surface area contributed by atoms with Crippen LogP contribution in [0.2, 0.25) is 0 Å². The average Bonchev–Trinajstić information content (AvgIpc) is 2.94. The standard InChI is InChI=1S/C14H13N3S/c1-15-14(13-9-16-18-17-13)12-8-4-6-10-5-2-3-7-11(10)12/h2-9,14-15H,1H3. The molecule has 0 fully saturated rings. The van der Waals surface area contributed by atoms with Crippen LogP contribution in [-0.4, -0.2) is 15.8 Å². The Labute approximate surface area is 110 Å². The summed E-state index contributed by atoms with van der Waals surface area (Å²) in [6.07, 6.45) is 1.83. The molecule has 2 aromatic carbocycles. The van der Waals surface area contributed by atoms with E-state index in [2.05, 4.69) is 56.5 Å². The molecule has 1 N–H and O–H groups in total. The molecule has 0 amide bonds. The third kappa shape index (κ3) is 1.89. The molecule has 1 heterocycles. The molecular formula is C14H13N3S. The summed E-state index contributed by atoms with van der Waals surface area (Å²) in [5.74, 6) is 0. The molecule has 1 atom stereocenters. The zero-order chi connectivity index (χ0) is 12.4. The number of nitrogens with one attached hydrogen (secondary N) is 1. The molecule has 0 saturated heterocycles. The summed E-state index contributed by atoms with van der Waals surface area (Å²) < 4.78 is 8.43. The second-order valence-corrected chi connectivity index (χ2v) is 4.68. The van der Waals surface area contributed by atoms with Gasteiger partial charge in [0, 0.05) is 0 Å². The van der Waals surface area contributed by atoms with Gasteiger partial charge in [-0.05, 0) is 23.4 Å². The Morgan fingerprint density at radius 2 is 1.94 bits per heavy atom. The van der Waals surface area contributed by atoms with Crippen LogP contribution in [0.3, 0.4) is 0 Å². The maximum absolute atomic E-state index is 4.34. The van der Waals surface area contributed by atoms with Crippen molar-refractivity contribution >= 4 is 22.5 Å². The molecule has 0 aliphatic heterocycles. The van der Waals surface area contributed by atoms with Gasteiger partial charge in [-0.3, -0.25) is 0 Å². The normalized spacial score (nSPS) is 12.7. The molecule has 3 nitrogen and oxygen atoms in total. The third-order valence-corrected chi connectivity index (χ3v) is 3.59. The van der Waals surface area contributed by atoms with E-state index in [0.29, 0.717) is 0 Å². The van der Waals surface area contributed by atoms with Crippen LogP contribution in [0.4, 0.5) is 0 Å². The molecule has 0 bridgehead atoms. The lowest BCUT2D eigenvalue weighted by Crippen LogP contribution is -2.18. The van der Waals surface area contributed by atoms with Crippen molar-refractivity contribution in [2.24, 2.45) is 0 Å². The molecule has 90 valence electrons. The molecule has 0 aliphatic rings. The zero-order valence-corrected chi connectivity index (χ0v) is 10.8. The smallest absolute Gasteiger partial charge is 0.0957 e. The van der Waals surface area contributed by atoms with Crippen LogP contribution < -0.4 is 5.32 Å². The summed E-state index contributed by atoms with van der Waals surface area (Å²) >= 11 is 1.24. The van der Waals surface area contributed by atoms with Crippen LogP contribution in [0, 0.1) is 0 Å². The van der Waals surface area contributed by atoms with Crippen LogP contribution in [-0.2, 0) is 0 Å². The maximum atomic E-state index is 4.34. The minimum Gasteiger partial charge on any atom is -0.308 e. The highest BCUT2D eigenvalue weighted by Gasteiger charge is 2.16. The summed E-state index contributed by atoms with van der Waals surface area (Å²) in [4.78, 5) is 0. The van der Waals surface area contributed by atoms with Gasteiger partial charge in [0.15, 0.2) is 0 Å². The Balaban J connectivity index is 2.18. The van der Waals surface area contributed by atoms with E-state index in [1.54, 1.807) is 0 Å². The molecule has 0 saturated carbocycles. The summed E-state index contributed by atoms with van der Waals surface area (Å²) in [5, 5.41) is 5.82. The van der Waals surface area contributed by atoms with Gasteiger partial charge in [-0.1, -0.05) is 42.5 Å². The van der Waals surface area contributed by atoms with Gasteiger partial charge in [0.05, 0.1) is 29.7 Å². The molecule has 18 heavy (non-hydrogen) atoms. The lowest BCUT2D eigenvalue weighted by atomic mass is 9.97. The van der Waals surface area contributed by atoms with E-state index >= 15 is 0 Å². The Kier molecular flexibility index (Phi) is 3.04. The first-order valence-electron chi connectivity index (χ1n) is 5.82. The van der Waals surface area contributed by atoms with E-state index in [1.807, 2.05) is 13.2 Å². The van der Waals surface area contributed by atoms with Gasteiger partial charge in [0.2, 0.25) is 0 Å². The summed E-state index contributed by atoms with van der Waals surface area (Å²) in [6, 6.07) is 14.9. The van der Waals surface area contributed by atoms with Crippen LogP contribution >= 0.6 is 11.7 Å². The van der Waals surface area contributed by atoms with Crippen molar-refractivity contribution in [1.29, 1.82) is 0 Å². The van der Waals surface area contributed by atoms with E-state index in [9.17, 15) is 0 Å². The van der Waals surface area contributed by atoms with Crippen LogP contribution in [0.25, 0.3) is 10.8 Å². The summed E-state index contributed by atoms with van der Waals surface area (Å²) in [7, 11) is 1.95. The number of hydrogen-bond acceptors (Lipinski definition) is 4. The highest BCUT2D eigenvalue weighted by Crippen LogP contribution is 2.27. The first-order chi connectivity index (χ1) is 8.90. The van der Waals surface area contributed by atoms with E-state index in [0.717, 1.165) is 5.69 Å². The SMILES string of the molecule is CNC(c1cnsn1)c1cccc2ccccc12. The minimum atomic E-state index is 0.0925. The highest BCUT2D eigenvalue weighted by molar-refractivity contribution is 6.99. The lowest BCUT2D eigenvalue weighted by molar-refractivity contribution is 0.682. The number of fused-ring (bicyclic) bond motifs is 1. The number of hydrogen-bond donors (Lipinski definition) is 1. The van der Waals surface area contributed by atoms with Crippen molar-refractivity contribution in [3.05, 3.63) is 59.9 Å². The van der Waals surface area contributed by atoms with Crippen molar-refractivity contribution < 1.29 is 0 Å². The fourth-order valence-electron chi connectivity index (χ4n) is 2.26. The van der Waals surface area contributed by atoms with E-state index < -0.39 is 0 Å². The monoisotopic (exact) mass is 255 g/mol. The maximum Gasteiger partial charge on any atom is 0.0957 e. The van der Waals surface area contributed by atoms with Crippen molar-refractivity contribution in [3.63, 3.8) is 0 Å². The minimum absolute atomic E-state index is 0.0925. The summed E-state index contributed by atoms with van der Waals surface area (Å²) in [5.41, 5.74) is 2.21. The van der Waals surface area contributed by atoms with Crippen molar-refractivity contribution in [3.8, 4) is 0 Å². The van der Waals surface area contributed by atoms with E-state index in [4.69, 9.17) is 0 Å². The summed E-state index contributed by atoms with van der Waals surface area (Å²) in [6.45, 7) is 0. The molecule has 1 unspecified atom stereocenters. The Hall–Kier alpha value is -1.78. The van der Waals surface area contributed by atoms with Gasteiger partial charge < -0.3 is 5.32 Å². The Bertz CT molecular complexity index is 644. The van der Waals surface area contributed by atoms with Gasteiger partial charge >= 0.3 is 0 Å². The Morgan fingerprint density at radius 3 is 2.72 bits per heavy atom. The molecule has 4 heteroatoms. The van der Waals surface area contributed by atoms with Crippen LogP contribution in [0.1, 0.15) is 17.3 Å². The lowest BCUT2D eigenvalue weighted by Gasteiger charge is -2.16. The number of nitrogens with zero attached hydrogens (tertiary/aromatic N) is 2. The molecular weight excluding hydrogens is 242 g/mol. The zero-order valence-electron chi connectivity index (χ0n) is 10.00. The van der Waals surface area contributed by atoms with Gasteiger partial charge in [-0.15, -0.1) is 0 Å². The number of rotatable bonds is 3. The van der Waals surface area contributed by atoms with E-state index in [1.165, 1.54) is 28.1 Å². The predicted molar refractivity (Wildman–Crippen MR) is 74.8 cm³/mol. The van der Waals surface area contributed by atoms with Gasteiger partial charge in [-0.2, -0.15) is 8.75 Å². The van der Waals surface area contributed by atoms with Crippen molar-refractivity contribution in [1.82, 2.24) is 14.1 Å². The third-order valence-electron chi connectivity index (χ3n) is 3.10. The largest absolute Gasteiger partial charge is 0.308 e. The first kappa shape index (κ1) is 11.3. The molecule has 0 radical (unpaired) electrons. The molecule has 1 aromatic heterocycles. The van der Waals surface area contributed by atoms with Crippen molar-refractivity contribution in [2.45, 2.75) is 6.04 Å². The second-order valence-electron chi connectivity index (χ2n) is 4.12.